The Morgan fingerprint density at radius 2 is 2.00 bits per heavy atom. The second kappa shape index (κ2) is 5.54. The number of nitrogens with two attached hydrogens (primary N) is 1. The molecule has 0 aliphatic rings. The summed E-state index contributed by atoms with van der Waals surface area (Å²) in [7, 11) is 0. The summed E-state index contributed by atoms with van der Waals surface area (Å²) in [5, 5.41) is 0. The molecule has 2 aromatic heterocycles. The van der Waals surface area contributed by atoms with Crippen molar-refractivity contribution < 1.29 is 0 Å². The van der Waals surface area contributed by atoms with Gasteiger partial charge in [-0.25, -0.2) is 15.0 Å². The number of aromatic nitrogens is 4. The Kier molecular flexibility index (Phi) is 3.82. The molecule has 0 saturated carbocycles. The highest BCUT2D eigenvalue weighted by Crippen LogP contribution is 2.05. The molecular formula is C12H17N5. The fourth-order valence-corrected chi connectivity index (χ4v) is 1.62. The minimum Gasteiger partial charge on any atom is -0.327 e. The molecule has 0 bridgehead atoms. The van der Waals surface area contributed by atoms with Crippen molar-refractivity contribution in [2.75, 3.05) is 0 Å². The van der Waals surface area contributed by atoms with Crippen LogP contribution >= 0.6 is 0 Å². The van der Waals surface area contributed by atoms with Gasteiger partial charge in [0.15, 0.2) is 0 Å². The van der Waals surface area contributed by atoms with E-state index in [0.717, 1.165) is 24.5 Å². The van der Waals surface area contributed by atoms with Gasteiger partial charge in [0.25, 0.3) is 0 Å². The minimum absolute atomic E-state index is 0.160. The number of rotatable bonds is 5. The molecule has 2 aromatic rings. The molecule has 2 N–H and O–H groups in total. The van der Waals surface area contributed by atoms with E-state index in [9.17, 15) is 0 Å². The fraction of sp³-hybridized carbons (Fsp3) is 0.417. The second-order valence-electron chi connectivity index (χ2n) is 4.01. The Morgan fingerprint density at radius 3 is 2.71 bits per heavy atom. The zero-order valence-electron chi connectivity index (χ0n) is 9.95. The Labute approximate surface area is 101 Å². The third-order valence-electron chi connectivity index (χ3n) is 2.70. The molecule has 1 unspecified atom stereocenters. The molecule has 17 heavy (non-hydrogen) atoms. The molecule has 2 rings (SSSR count). The van der Waals surface area contributed by atoms with Crippen LogP contribution in [-0.2, 0) is 13.0 Å². The molecule has 0 aliphatic heterocycles. The molecule has 0 fully saturated rings. The Morgan fingerprint density at radius 1 is 1.24 bits per heavy atom. The van der Waals surface area contributed by atoms with Crippen LogP contribution in [0.15, 0.2) is 30.9 Å². The molecule has 1 atom stereocenters. The highest BCUT2D eigenvalue weighted by atomic mass is 15.1. The first-order valence-electron chi connectivity index (χ1n) is 5.81. The van der Waals surface area contributed by atoms with Crippen LogP contribution in [0.25, 0.3) is 0 Å². The van der Waals surface area contributed by atoms with Gasteiger partial charge in [-0.1, -0.05) is 6.92 Å². The summed E-state index contributed by atoms with van der Waals surface area (Å²) in [6, 6.07) is 1.97. The molecule has 0 amide bonds. The van der Waals surface area contributed by atoms with Crippen molar-refractivity contribution in [3.8, 4) is 0 Å². The topological polar surface area (TPSA) is 69.6 Å². The average Bonchev–Trinajstić information content (AvgIpc) is 2.78. The van der Waals surface area contributed by atoms with Crippen LogP contribution in [-0.4, -0.2) is 25.6 Å². The van der Waals surface area contributed by atoms with E-state index in [4.69, 9.17) is 5.73 Å². The van der Waals surface area contributed by atoms with Crippen molar-refractivity contribution in [3.05, 3.63) is 42.5 Å². The highest BCUT2D eigenvalue weighted by Gasteiger charge is 2.08. The lowest BCUT2D eigenvalue weighted by atomic mass is 10.1. The van der Waals surface area contributed by atoms with E-state index in [1.807, 2.05) is 16.8 Å². The van der Waals surface area contributed by atoms with Gasteiger partial charge in [0, 0.05) is 37.3 Å². The summed E-state index contributed by atoms with van der Waals surface area (Å²) in [6.45, 7) is 2.73. The lowest BCUT2D eigenvalue weighted by Crippen LogP contribution is -2.23. The van der Waals surface area contributed by atoms with Crippen molar-refractivity contribution in [2.45, 2.75) is 32.4 Å². The zero-order chi connectivity index (χ0) is 12.1. The quantitative estimate of drug-likeness (QED) is 0.833. The van der Waals surface area contributed by atoms with Crippen LogP contribution in [0.5, 0.6) is 0 Å². The monoisotopic (exact) mass is 231 g/mol. The van der Waals surface area contributed by atoms with E-state index < -0.39 is 0 Å². The lowest BCUT2D eigenvalue weighted by Gasteiger charge is -2.10. The van der Waals surface area contributed by atoms with Crippen molar-refractivity contribution in [3.63, 3.8) is 0 Å². The first-order chi connectivity index (χ1) is 8.29. The Balaban J connectivity index is 2.09. The van der Waals surface area contributed by atoms with Crippen molar-refractivity contribution in [1.82, 2.24) is 19.5 Å². The minimum atomic E-state index is 0.160. The standard InChI is InChI=1S/C12H17N5/c1-2-10(13)8-12-16-6-7-17(12)9-11-14-4-3-5-15-11/h3-7,10H,2,8-9,13H2,1H3. The van der Waals surface area contributed by atoms with Crippen LogP contribution in [0.2, 0.25) is 0 Å². The van der Waals surface area contributed by atoms with Gasteiger partial charge < -0.3 is 10.3 Å². The fourth-order valence-electron chi connectivity index (χ4n) is 1.62. The maximum Gasteiger partial charge on any atom is 0.147 e. The van der Waals surface area contributed by atoms with Crippen molar-refractivity contribution in [2.24, 2.45) is 5.73 Å². The zero-order valence-corrected chi connectivity index (χ0v) is 9.95. The van der Waals surface area contributed by atoms with Gasteiger partial charge in [0.05, 0.1) is 6.54 Å². The van der Waals surface area contributed by atoms with Gasteiger partial charge in [-0.3, -0.25) is 0 Å². The number of hydrogen-bond acceptors (Lipinski definition) is 4. The van der Waals surface area contributed by atoms with Crippen LogP contribution < -0.4 is 5.73 Å². The van der Waals surface area contributed by atoms with Crippen LogP contribution in [0.3, 0.4) is 0 Å². The predicted octanol–water partition coefficient (Wildman–Crippen LogP) is 1.00. The molecule has 0 aliphatic carbocycles. The van der Waals surface area contributed by atoms with E-state index >= 15 is 0 Å². The molecule has 0 spiro atoms. The van der Waals surface area contributed by atoms with Crippen molar-refractivity contribution >= 4 is 0 Å². The highest BCUT2D eigenvalue weighted by molar-refractivity contribution is 4.99. The predicted molar refractivity (Wildman–Crippen MR) is 65.3 cm³/mol. The van der Waals surface area contributed by atoms with Crippen molar-refractivity contribution in [1.29, 1.82) is 0 Å². The summed E-state index contributed by atoms with van der Waals surface area (Å²) < 4.78 is 2.05. The van der Waals surface area contributed by atoms with Crippen LogP contribution in [0.1, 0.15) is 25.0 Å². The van der Waals surface area contributed by atoms with E-state index in [-0.39, 0.29) is 6.04 Å². The van der Waals surface area contributed by atoms with Crippen LogP contribution in [0, 0.1) is 0 Å². The molecule has 5 heteroatoms. The summed E-state index contributed by atoms with van der Waals surface area (Å²) in [5.74, 6) is 1.78. The average molecular weight is 231 g/mol. The first kappa shape index (κ1) is 11.7. The normalized spacial score (nSPS) is 12.6. The molecular weight excluding hydrogens is 214 g/mol. The smallest absolute Gasteiger partial charge is 0.147 e. The molecule has 0 radical (unpaired) electrons. The number of hydrogen-bond donors (Lipinski definition) is 1. The van der Waals surface area contributed by atoms with E-state index in [0.29, 0.717) is 6.54 Å². The maximum absolute atomic E-state index is 5.94. The summed E-state index contributed by atoms with van der Waals surface area (Å²) >= 11 is 0. The SMILES string of the molecule is CCC(N)Cc1nccn1Cc1ncccn1. The Bertz CT molecular complexity index is 451. The third kappa shape index (κ3) is 3.10. The van der Waals surface area contributed by atoms with Crippen LogP contribution in [0.4, 0.5) is 0 Å². The third-order valence-corrected chi connectivity index (χ3v) is 2.70. The van der Waals surface area contributed by atoms with Gasteiger partial charge in [0.2, 0.25) is 0 Å². The van der Waals surface area contributed by atoms with Gasteiger partial charge in [-0.05, 0) is 12.5 Å². The van der Waals surface area contributed by atoms with Gasteiger partial charge in [-0.2, -0.15) is 0 Å². The summed E-state index contributed by atoms with van der Waals surface area (Å²) in [5.41, 5.74) is 5.94. The first-order valence-corrected chi connectivity index (χ1v) is 5.81. The molecule has 0 aromatic carbocycles. The second-order valence-corrected chi connectivity index (χ2v) is 4.01. The van der Waals surface area contributed by atoms with Gasteiger partial charge in [-0.15, -0.1) is 0 Å². The molecule has 0 saturated heterocycles. The Hall–Kier alpha value is -1.75. The summed E-state index contributed by atoms with van der Waals surface area (Å²) in [6.07, 6.45) is 8.97. The maximum atomic E-state index is 5.94. The molecule has 2 heterocycles. The van der Waals surface area contributed by atoms with E-state index in [1.165, 1.54) is 0 Å². The van der Waals surface area contributed by atoms with Gasteiger partial charge in [0.1, 0.15) is 11.6 Å². The van der Waals surface area contributed by atoms with E-state index in [1.54, 1.807) is 18.6 Å². The van der Waals surface area contributed by atoms with Gasteiger partial charge >= 0.3 is 0 Å². The lowest BCUT2D eigenvalue weighted by molar-refractivity contribution is 0.591. The largest absolute Gasteiger partial charge is 0.327 e. The number of nitrogens with zero attached hydrogens (tertiary/aromatic N) is 4. The van der Waals surface area contributed by atoms with E-state index in [2.05, 4.69) is 21.9 Å². The number of imidazole rings is 1. The molecule has 90 valence electrons. The molecule has 5 nitrogen and oxygen atoms in total. The summed E-state index contributed by atoms with van der Waals surface area (Å²) in [4.78, 5) is 12.7.